The molecule has 7 heteroatoms. The Bertz CT molecular complexity index is 1440. The van der Waals surface area contributed by atoms with Crippen LogP contribution in [0.5, 0.6) is 0 Å². The number of para-hydroxylation sites is 1. The number of hydrogen-bond acceptors (Lipinski definition) is 3. The quantitative estimate of drug-likeness (QED) is 0.478. The van der Waals surface area contributed by atoms with Crippen LogP contribution in [0.4, 0.5) is 10.5 Å². The largest absolute Gasteiger partial charge is 0.327 e. The summed E-state index contributed by atoms with van der Waals surface area (Å²) in [6.07, 6.45) is 0.685. The molecule has 0 unspecified atom stereocenters. The monoisotopic (exact) mass is 522 g/mol. The molecule has 2 N–H and O–H groups in total. The lowest BCUT2D eigenvalue weighted by Gasteiger charge is -2.31. The number of nitrogens with zero attached hydrogens (tertiary/aromatic N) is 2. The predicted octanol–water partition coefficient (Wildman–Crippen LogP) is 5.01. The van der Waals surface area contributed by atoms with E-state index in [9.17, 15) is 14.4 Å². The van der Waals surface area contributed by atoms with Gasteiger partial charge in [-0.1, -0.05) is 93.6 Å². The van der Waals surface area contributed by atoms with Crippen molar-refractivity contribution in [3.8, 4) is 0 Å². The zero-order chi connectivity index (χ0) is 27.7. The van der Waals surface area contributed by atoms with E-state index in [-0.39, 0.29) is 36.3 Å². The number of carbonyl (C=O) groups excluding carboxylic acids is 3. The van der Waals surface area contributed by atoms with Gasteiger partial charge in [0.1, 0.15) is 6.54 Å². The van der Waals surface area contributed by atoms with E-state index < -0.39 is 6.04 Å². The lowest BCUT2D eigenvalue weighted by Crippen LogP contribution is -2.45. The van der Waals surface area contributed by atoms with Gasteiger partial charge in [0, 0.05) is 12.7 Å². The maximum Gasteiger partial charge on any atom is 0.322 e. The van der Waals surface area contributed by atoms with Crippen molar-refractivity contribution in [3.63, 3.8) is 0 Å². The average Bonchev–Trinajstić information content (AvgIpc) is 3.23. The maximum atomic E-state index is 13.6. The van der Waals surface area contributed by atoms with Crippen molar-refractivity contribution in [1.82, 2.24) is 15.1 Å². The number of anilines is 1. The SMILES string of the molecule is CN1C(=O)N[C@H](c2ccc(C(C)(C)C)cc2)C2=C1CN(CC(=O)Nc1ccccc1Cc1ccccc1)C2=O. The molecule has 200 valence electrons. The molecule has 5 rings (SSSR count). The lowest BCUT2D eigenvalue weighted by atomic mass is 9.85. The maximum absolute atomic E-state index is 13.6. The molecule has 39 heavy (non-hydrogen) atoms. The van der Waals surface area contributed by atoms with Crippen LogP contribution in [0.25, 0.3) is 0 Å². The van der Waals surface area contributed by atoms with Crippen LogP contribution >= 0.6 is 0 Å². The molecular formula is C32H34N4O3. The van der Waals surface area contributed by atoms with Gasteiger partial charge >= 0.3 is 6.03 Å². The van der Waals surface area contributed by atoms with E-state index in [1.54, 1.807) is 7.05 Å². The molecule has 0 bridgehead atoms. The first-order chi connectivity index (χ1) is 18.6. The minimum atomic E-state index is -0.565. The van der Waals surface area contributed by atoms with E-state index >= 15 is 0 Å². The molecule has 0 aliphatic carbocycles. The normalized spacial score (nSPS) is 17.3. The zero-order valence-corrected chi connectivity index (χ0v) is 22.8. The Balaban J connectivity index is 1.32. The average molecular weight is 523 g/mol. The molecule has 3 aromatic rings. The van der Waals surface area contributed by atoms with Gasteiger partial charge in [-0.25, -0.2) is 4.79 Å². The minimum Gasteiger partial charge on any atom is -0.327 e. The number of rotatable bonds is 6. The van der Waals surface area contributed by atoms with E-state index in [0.717, 1.165) is 22.4 Å². The molecule has 3 aromatic carbocycles. The van der Waals surface area contributed by atoms with Crippen LogP contribution in [0.2, 0.25) is 0 Å². The molecule has 0 saturated heterocycles. The Morgan fingerprint density at radius 1 is 0.949 bits per heavy atom. The third-order valence-corrected chi connectivity index (χ3v) is 7.41. The van der Waals surface area contributed by atoms with E-state index in [4.69, 9.17) is 0 Å². The highest BCUT2D eigenvalue weighted by atomic mass is 16.2. The first kappa shape index (κ1) is 26.2. The second-order valence-electron chi connectivity index (χ2n) is 11.2. The first-order valence-electron chi connectivity index (χ1n) is 13.2. The smallest absolute Gasteiger partial charge is 0.322 e. The molecular weight excluding hydrogens is 488 g/mol. The van der Waals surface area contributed by atoms with Crippen molar-refractivity contribution >= 4 is 23.5 Å². The van der Waals surface area contributed by atoms with Crippen molar-refractivity contribution in [1.29, 1.82) is 0 Å². The Hall–Kier alpha value is -4.39. The van der Waals surface area contributed by atoms with Crippen LogP contribution in [0.15, 0.2) is 90.1 Å². The number of hydrogen-bond donors (Lipinski definition) is 2. The Morgan fingerprint density at radius 3 is 2.31 bits per heavy atom. The number of carbonyl (C=O) groups is 3. The van der Waals surface area contributed by atoms with E-state index in [0.29, 0.717) is 17.7 Å². The summed E-state index contributed by atoms with van der Waals surface area (Å²) >= 11 is 0. The van der Waals surface area contributed by atoms with Gasteiger partial charge in [-0.05, 0) is 40.2 Å². The van der Waals surface area contributed by atoms with Gasteiger partial charge in [0.15, 0.2) is 0 Å². The number of nitrogens with one attached hydrogen (secondary N) is 2. The zero-order valence-electron chi connectivity index (χ0n) is 22.8. The van der Waals surface area contributed by atoms with Gasteiger partial charge in [-0.2, -0.15) is 0 Å². The Morgan fingerprint density at radius 2 is 1.62 bits per heavy atom. The van der Waals surface area contributed by atoms with Gasteiger partial charge in [0.25, 0.3) is 5.91 Å². The molecule has 0 saturated carbocycles. The predicted molar refractivity (Wildman–Crippen MR) is 152 cm³/mol. The van der Waals surface area contributed by atoms with Crippen molar-refractivity contribution < 1.29 is 14.4 Å². The lowest BCUT2D eigenvalue weighted by molar-refractivity contribution is -0.130. The summed E-state index contributed by atoms with van der Waals surface area (Å²) in [7, 11) is 1.65. The summed E-state index contributed by atoms with van der Waals surface area (Å²) in [5.41, 5.74) is 6.01. The molecule has 0 spiro atoms. The van der Waals surface area contributed by atoms with Gasteiger partial charge in [-0.15, -0.1) is 0 Å². The second-order valence-corrected chi connectivity index (χ2v) is 11.2. The number of likely N-dealkylation sites (N-methyl/N-ethyl adjacent to an activating group) is 1. The van der Waals surface area contributed by atoms with Crippen molar-refractivity contribution in [2.24, 2.45) is 0 Å². The summed E-state index contributed by atoms with van der Waals surface area (Å²) < 4.78 is 0. The third kappa shape index (κ3) is 5.43. The fraction of sp³-hybridized carbons (Fsp3) is 0.281. The Kier molecular flexibility index (Phi) is 7.00. The van der Waals surface area contributed by atoms with Gasteiger partial charge in [-0.3, -0.25) is 14.5 Å². The molecule has 2 heterocycles. The molecule has 1 atom stereocenters. The summed E-state index contributed by atoms with van der Waals surface area (Å²) in [6, 6.07) is 24.9. The minimum absolute atomic E-state index is 0.00789. The summed E-state index contributed by atoms with van der Waals surface area (Å²) in [5.74, 6) is -0.522. The highest BCUT2D eigenvalue weighted by molar-refractivity contribution is 6.04. The van der Waals surface area contributed by atoms with Crippen molar-refractivity contribution in [2.45, 2.75) is 38.6 Å². The molecule has 0 aromatic heterocycles. The van der Waals surface area contributed by atoms with Crippen LogP contribution in [0.1, 0.15) is 49.1 Å². The second kappa shape index (κ2) is 10.4. The topological polar surface area (TPSA) is 81.8 Å². The highest BCUT2D eigenvalue weighted by Crippen LogP contribution is 2.36. The number of benzene rings is 3. The van der Waals surface area contributed by atoms with Crippen LogP contribution in [-0.4, -0.2) is 47.8 Å². The molecule has 4 amide bonds. The van der Waals surface area contributed by atoms with Gasteiger partial charge in [0.05, 0.1) is 23.9 Å². The fourth-order valence-electron chi connectivity index (χ4n) is 5.15. The molecule has 7 nitrogen and oxygen atoms in total. The van der Waals surface area contributed by atoms with Gasteiger partial charge < -0.3 is 15.5 Å². The van der Waals surface area contributed by atoms with E-state index in [1.165, 1.54) is 15.4 Å². The third-order valence-electron chi connectivity index (χ3n) is 7.41. The summed E-state index contributed by atoms with van der Waals surface area (Å²) in [6.45, 7) is 6.52. The molecule has 2 aliphatic rings. The number of amides is 4. The molecule has 0 radical (unpaired) electrons. The van der Waals surface area contributed by atoms with Crippen molar-refractivity contribution in [3.05, 3.63) is 112 Å². The highest BCUT2D eigenvalue weighted by Gasteiger charge is 2.43. The fourth-order valence-corrected chi connectivity index (χ4v) is 5.15. The summed E-state index contributed by atoms with van der Waals surface area (Å²) in [5, 5.41) is 5.96. The molecule has 0 fully saturated rings. The van der Waals surface area contributed by atoms with Crippen LogP contribution < -0.4 is 10.6 Å². The van der Waals surface area contributed by atoms with Crippen molar-refractivity contribution in [2.75, 3.05) is 25.5 Å². The van der Waals surface area contributed by atoms with E-state index in [2.05, 4.69) is 43.5 Å². The van der Waals surface area contributed by atoms with Crippen LogP contribution in [-0.2, 0) is 21.4 Å². The number of urea groups is 1. The van der Waals surface area contributed by atoms with E-state index in [1.807, 2.05) is 66.7 Å². The van der Waals surface area contributed by atoms with Gasteiger partial charge in [0.2, 0.25) is 5.91 Å². The first-order valence-corrected chi connectivity index (χ1v) is 13.2. The Labute approximate surface area is 229 Å². The molecule has 2 aliphatic heterocycles. The summed E-state index contributed by atoms with van der Waals surface area (Å²) in [4.78, 5) is 42.5. The standard InChI is InChI=1S/C32H34N4O3/c1-32(2,3)24-16-14-22(15-17-24)29-28-26(35(4)31(39)34-29)19-36(30(28)38)20-27(37)33-25-13-9-8-12-23(25)18-21-10-6-5-7-11-21/h5-17,29H,18-20H2,1-4H3,(H,33,37)(H,34,39)/t29-/m1/s1. The van der Waals surface area contributed by atoms with Crippen LogP contribution in [0, 0.1) is 0 Å². The van der Waals surface area contributed by atoms with Crippen LogP contribution in [0.3, 0.4) is 0 Å².